The summed E-state index contributed by atoms with van der Waals surface area (Å²) in [6.45, 7) is 5.30. The fraction of sp³-hybridized carbons (Fsp3) is 0.357. The van der Waals surface area contributed by atoms with Crippen LogP contribution in [0.5, 0.6) is 0 Å². The number of amides is 1. The predicted molar refractivity (Wildman–Crippen MR) is 77.0 cm³/mol. The van der Waals surface area contributed by atoms with Gasteiger partial charge in [0.15, 0.2) is 0 Å². The van der Waals surface area contributed by atoms with Crippen LogP contribution in [0.25, 0.3) is 0 Å². The summed E-state index contributed by atoms with van der Waals surface area (Å²) in [5.41, 5.74) is 1.84. The molecule has 3 nitrogen and oxygen atoms in total. The summed E-state index contributed by atoms with van der Waals surface area (Å²) in [4.78, 5) is 14.0. The Morgan fingerprint density at radius 2 is 2.11 bits per heavy atom. The molecule has 1 aromatic carbocycles. The lowest BCUT2D eigenvalue weighted by Gasteiger charge is -2.20. The number of hydrogen-bond acceptors (Lipinski definition) is 2. The van der Waals surface area contributed by atoms with E-state index in [1.54, 1.807) is 18.1 Å². The quantitative estimate of drug-likeness (QED) is 0.572. The highest BCUT2D eigenvalue weighted by atomic mass is 79.9. The highest BCUT2D eigenvalue weighted by Gasteiger charge is 2.13. The second-order valence-electron chi connectivity index (χ2n) is 3.86. The average Bonchev–Trinajstić information content (AvgIpc) is 2.43. The van der Waals surface area contributed by atoms with Gasteiger partial charge in [-0.05, 0) is 17.7 Å². The molecule has 0 saturated carbocycles. The van der Waals surface area contributed by atoms with E-state index < -0.39 is 0 Å². The summed E-state index contributed by atoms with van der Waals surface area (Å²) in [5.74, 6) is 0.00747. The van der Waals surface area contributed by atoms with Gasteiger partial charge in [-0.1, -0.05) is 34.1 Å². The van der Waals surface area contributed by atoms with Crippen LogP contribution in [-0.4, -0.2) is 37.6 Å². The number of nitrogens with zero attached hydrogens (tertiary/aromatic N) is 1. The van der Waals surface area contributed by atoms with Crippen molar-refractivity contribution in [3.8, 4) is 0 Å². The Bertz CT molecular complexity index is 389. The Kier molecular flexibility index (Phi) is 6.68. The minimum Gasteiger partial charge on any atom is -0.383 e. The van der Waals surface area contributed by atoms with Crippen molar-refractivity contribution in [2.75, 3.05) is 26.8 Å². The van der Waals surface area contributed by atoms with Gasteiger partial charge in [-0.25, -0.2) is 0 Å². The maximum Gasteiger partial charge on any atom is 0.254 e. The zero-order chi connectivity index (χ0) is 13.4. The summed E-state index contributed by atoms with van der Waals surface area (Å²) in [5, 5.41) is 0.793. The molecule has 4 heteroatoms. The van der Waals surface area contributed by atoms with E-state index in [1.807, 2.05) is 24.3 Å². The van der Waals surface area contributed by atoms with Gasteiger partial charge in [0, 0.05) is 31.1 Å². The van der Waals surface area contributed by atoms with Crippen molar-refractivity contribution in [1.29, 1.82) is 0 Å². The lowest BCUT2D eigenvalue weighted by atomic mass is 10.1. The van der Waals surface area contributed by atoms with Gasteiger partial charge in [-0.15, -0.1) is 6.58 Å². The van der Waals surface area contributed by atoms with E-state index >= 15 is 0 Å². The van der Waals surface area contributed by atoms with Gasteiger partial charge in [0.2, 0.25) is 0 Å². The number of ether oxygens (including phenoxy) is 1. The molecule has 1 aromatic rings. The largest absolute Gasteiger partial charge is 0.383 e. The molecule has 0 aliphatic rings. The second-order valence-corrected chi connectivity index (χ2v) is 4.42. The molecule has 0 heterocycles. The van der Waals surface area contributed by atoms with Crippen LogP contribution in [0.2, 0.25) is 0 Å². The minimum atomic E-state index is 0.00747. The molecular weight excluding hydrogens is 294 g/mol. The lowest BCUT2D eigenvalue weighted by molar-refractivity contribution is 0.0718. The molecule has 98 valence electrons. The number of benzene rings is 1. The molecule has 0 aliphatic carbocycles. The third-order valence-electron chi connectivity index (χ3n) is 2.56. The van der Waals surface area contributed by atoms with Crippen molar-refractivity contribution in [3.05, 3.63) is 48.0 Å². The molecule has 0 aromatic heterocycles. The molecule has 1 amide bonds. The van der Waals surface area contributed by atoms with Gasteiger partial charge in [-0.3, -0.25) is 4.79 Å². The smallest absolute Gasteiger partial charge is 0.254 e. The van der Waals surface area contributed by atoms with Crippen LogP contribution in [0, 0.1) is 0 Å². The Labute approximate surface area is 117 Å². The Hall–Kier alpha value is -1.13. The SMILES string of the molecule is C=CCN(CCOC)C(=O)c1ccc(CBr)cc1. The Morgan fingerprint density at radius 1 is 1.44 bits per heavy atom. The third-order valence-corrected chi connectivity index (χ3v) is 3.20. The van der Waals surface area contributed by atoms with Crippen molar-refractivity contribution < 1.29 is 9.53 Å². The Morgan fingerprint density at radius 3 is 2.61 bits per heavy atom. The maximum atomic E-state index is 12.3. The molecule has 0 saturated heterocycles. The van der Waals surface area contributed by atoms with Gasteiger partial charge >= 0.3 is 0 Å². The normalized spacial score (nSPS) is 10.1. The van der Waals surface area contributed by atoms with Crippen molar-refractivity contribution >= 4 is 21.8 Å². The van der Waals surface area contributed by atoms with Gasteiger partial charge < -0.3 is 9.64 Å². The van der Waals surface area contributed by atoms with Crippen LogP contribution in [-0.2, 0) is 10.1 Å². The highest BCUT2D eigenvalue weighted by molar-refractivity contribution is 9.08. The lowest BCUT2D eigenvalue weighted by Crippen LogP contribution is -2.34. The van der Waals surface area contributed by atoms with E-state index in [2.05, 4.69) is 22.5 Å². The van der Waals surface area contributed by atoms with Crippen LogP contribution in [0.4, 0.5) is 0 Å². The number of alkyl halides is 1. The van der Waals surface area contributed by atoms with E-state index in [1.165, 1.54) is 0 Å². The third kappa shape index (κ3) is 4.27. The number of carbonyl (C=O) groups excluding carboxylic acids is 1. The molecule has 0 atom stereocenters. The zero-order valence-electron chi connectivity index (χ0n) is 10.6. The van der Waals surface area contributed by atoms with Gasteiger partial charge in [0.1, 0.15) is 0 Å². The monoisotopic (exact) mass is 311 g/mol. The van der Waals surface area contributed by atoms with Crippen LogP contribution in [0.3, 0.4) is 0 Å². The predicted octanol–water partition coefficient (Wildman–Crippen LogP) is 2.86. The number of rotatable bonds is 7. The van der Waals surface area contributed by atoms with E-state index in [-0.39, 0.29) is 5.91 Å². The van der Waals surface area contributed by atoms with Gasteiger partial charge in [0.25, 0.3) is 5.91 Å². The summed E-state index contributed by atoms with van der Waals surface area (Å²) in [6.07, 6.45) is 1.72. The molecule has 18 heavy (non-hydrogen) atoms. The standard InChI is InChI=1S/C14H18BrNO2/c1-3-8-16(9-10-18-2)14(17)13-6-4-12(11-15)5-7-13/h3-7H,1,8-11H2,2H3. The first kappa shape index (κ1) is 14.9. The number of methoxy groups -OCH3 is 1. The second kappa shape index (κ2) is 8.06. The van der Waals surface area contributed by atoms with Crippen LogP contribution >= 0.6 is 15.9 Å². The highest BCUT2D eigenvalue weighted by Crippen LogP contribution is 2.10. The van der Waals surface area contributed by atoms with E-state index in [0.717, 1.165) is 10.9 Å². The molecule has 1 rings (SSSR count). The van der Waals surface area contributed by atoms with Gasteiger partial charge in [0.05, 0.1) is 6.61 Å². The molecule has 0 radical (unpaired) electrons. The van der Waals surface area contributed by atoms with Crippen molar-refractivity contribution in [3.63, 3.8) is 0 Å². The number of halogens is 1. The first-order valence-corrected chi connectivity index (χ1v) is 6.89. The zero-order valence-corrected chi connectivity index (χ0v) is 12.1. The average molecular weight is 312 g/mol. The molecule has 0 fully saturated rings. The minimum absolute atomic E-state index is 0.00747. The molecule has 0 unspecified atom stereocenters. The van der Waals surface area contributed by atoms with Crippen molar-refractivity contribution in [1.82, 2.24) is 4.90 Å². The summed E-state index contributed by atoms with van der Waals surface area (Å²) in [6, 6.07) is 7.60. The summed E-state index contributed by atoms with van der Waals surface area (Å²) < 4.78 is 5.01. The number of hydrogen-bond donors (Lipinski definition) is 0. The Balaban J connectivity index is 2.76. The van der Waals surface area contributed by atoms with Crippen molar-refractivity contribution in [2.45, 2.75) is 5.33 Å². The first-order chi connectivity index (χ1) is 8.72. The number of carbonyl (C=O) groups is 1. The molecule has 0 aliphatic heterocycles. The van der Waals surface area contributed by atoms with Crippen LogP contribution in [0.1, 0.15) is 15.9 Å². The molecule has 0 spiro atoms. The summed E-state index contributed by atoms with van der Waals surface area (Å²) in [7, 11) is 1.63. The maximum absolute atomic E-state index is 12.3. The van der Waals surface area contributed by atoms with Gasteiger partial charge in [-0.2, -0.15) is 0 Å². The van der Waals surface area contributed by atoms with Crippen LogP contribution < -0.4 is 0 Å². The first-order valence-electron chi connectivity index (χ1n) is 5.77. The summed E-state index contributed by atoms with van der Waals surface area (Å²) >= 11 is 3.38. The van der Waals surface area contributed by atoms with E-state index in [0.29, 0.717) is 25.3 Å². The van der Waals surface area contributed by atoms with E-state index in [9.17, 15) is 4.79 Å². The molecule has 0 bridgehead atoms. The topological polar surface area (TPSA) is 29.5 Å². The van der Waals surface area contributed by atoms with E-state index in [4.69, 9.17) is 4.74 Å². The van der Waals surface area contributed by atoms with Crippen LogP contribution in [0.15, 0.2) is 36.9 Å². The fourth-order valence-electron chi connectivity index (χ4n) is 1.55. The van der Waals surface area contributed by atoms with Crippen molar-refractivity contribution in [2.24, 2.45) is 0 Å². The fourth-order valence-corrected chi connectivity index (χ4v) is 1.93. The molecule has 0 N–H and O–H groups in total. The molecular formula is C14H18BrNO2.